The van der Waals surface area contributed by atoms with E-state index in [-0.39, 0.29) is 11.5 Å². The van der Waals surface area contributed by atoms with Crippen LogP contribution in [0.1, 0.15) is 85.0 Å². The molecule has 0 aliphatic heterocycles. The number of allylic oxidation sites excluding steroid dienone is 1. The molecular weight excluding hydrogens is 388 g/mol. The monoisotopic (exact) mass is 422 g/mol. The average Bonchev–Trinajstić information content (AvgIpc) is 2.77. The predicted octanol–water partition coefficient (Wildman–Crippen LogP) is 6.99. The van der Waals surface area contributed by atoms with E-state index in [0.717, 1.165) is 24.8 Å². The number of hydrogen-bond donors (Lipinski definition) is 3. The number of aryl methyl sites for hydroxylation is 2. The molecule has 0 atom stereocenters. The molecule has 0 aliphatic rings. The predicted molar refractivity (Wildman–Crippen MR) is 128 cm³/mol. The molecule has 0 bridgehead atoms. The number of aromatic hydroxyl groups is 2. The number of carbonyl (C=O) groups is 1. The molecule has 0 heterocycles. The van der Waals surface area contributed by atoms with Gasteiger partial charge in [0.15, 0.2) is 17.3 Å². The van der Waals surface area contributed by atoms with Gasteiger partial charge in [0, 0.05) is 11.1 Å². The third kappa shape index (κ3) is 6.74. The molecule has 3 N–H and O–H groups in total. The molecule has 166 valence electrons. The molecule has 4 heteroatoms. The molecule has 0 saturated carbocycles. The van der Waals surface area contributed by atoms with Crippen LogP contribution in [0.15, 0.2) is 42.7 Å². The van der Waals surface area contributed by atoms with Crippen molar-refractivity contribution in [2.45, 2.75) is 65.2 Å². The molecule has 0 spiro atoms. The van der Waals surface area contributed by atoms with Gasteiger partial charge in [0.25, 0.3) is 0 Å². The van der Waals surface area contributed by atoms with Gasteiger partial charge in [-0.05, 0) is 60.2 Å². The smallest absolute Gasteiger partial charge is 0.227 e. The van der Waals surface area contributed by atoms with Crippen molar-refractivity contribution in [2.75, 3.05) is 0 Å². The molecule has 31 heavy (non-hydrogen) atoms. The van der Waals surface area contributed by atoms with Crippen LogP contribution in [0.3, 0.4) is 0 Å². The first-order valence-corrected chi connectivity index (χ1v) is 11.2. The van der Waals surface area contributed by atoms with Crippen LogP contribution in [0.4, 0.5) is 0 Å². The highest BCUT2D eigenvalue weighted by atomic mass is 16.3. The van der Waals surface area contributed by atoms with Crippen LogP contribution in [-0.4, -0.2) is 21.1 Å². The normalized spacial score (nSPS) is 11.5. The summed E-state index contributed by atoms with van der Waals surface area (Å²) in [6, 6.07) is 8.43. The summed E-state index contributed by atoms with van der Waals surface area (Å²) in [5.41, 5.74) is 3.55. The van der Waals surface area contributed by atoms with Crippen molar-refractivity contribution >= 4 is 17.9 Å². The van der Waals surface area contributed by atoms with E-state index in [1.165, 1.54) is 62.0 Å². The molecule has 2 rings (SSSR count). The summed E-state index contributed by atoms with van der Waals surface area (Å²) in [6.45, 7) is 7.90. The van der Waals surface area contributed by atoms with Crippen LogP contribution in [0.2, 0.25) is 0 Å². The zero-order valence-electron chi connectivity index (χ0n) is 18.7. The number of ketones is 1. The largest absolute Gasteiger partial charge is 0.504 e. The molecule has 0 aromatic heterocycles. The number of hydrogen-bond acceptors (Lipinski definition) is 4. The molecule has 0 amide bonds. The Balaban J connectivity index is 2.17. The summed E-state index contributed by atoms with van der Waals surface area (Å²) in [5, 5.41) is 30.0. The minimum atomic E-state index is -0.473. The zero-order valence-corrected chi connectivity index (χ0v) is 18.7. The van der Waals surface area contributed by atoms with E-state index in [4.69, 9.17) is 0 Å². The van der Waals surface area contributed by atoms with Gasteiger partial charge in [0.05, 0.1) is 0 Å². The molecule has 4 nitrogen and oxygen atoms in total. The number of rotatable bonds is 12. The van der Waals surface area contributed by atoms with Gasteiger partial charge in [0.2, 0.25) is 5.78 Å². The lowest BCUT2D eigenvalue weighted by atomic mass is 9.95. The Morgan fingerprint density at radius 1 is 0.968 bits per heavy atom. The number of aliphatic hydroxyl groups is 1. The fraction of sp³-hybridized carbons (Fsp3) is 0.370. The first kappa shape index (κ1) is 24.3. The van der Waals surface area contributed by atoms with Crippen LogP contribution in [0, 0.1) is 0 Å². The summed E-state index contributed by atoms with van der Waals surface area (Å²) < 4.78 is 0. The van der Waals surface area contributed by atoms with Gasteiger partial charge >= 0.3 is 0 Å². The lowest BCUT2D eigenvalue weighted by molar-refractivity contribution is 0.0980. The van der Waals surface area contributed by atoms with Crippen molar-refractivity contribution in [2.24, 2.45) is 0 Å². The van der Waals surface area contributed by atoms with Crippen LogP contribution in [-0.2, 0) is 12.8 Å². The molecule has 0 saturated heterocycles. The van der Waals surface area contributed by atoms with Crippen molar-refractivity contribution < 1.29 is 20.1 Å². The number of phenols is 2. The number of unbranched alkanes of at least 4 members (excludes halogenated alkanes) is 5. The standard InChI is InChI=1S/C27H34O4/c1-4-7-8-9-10-11-12-22-18-23(14-13-20(22)5-2)27(31)25(29)17-19-15-21(6-3)26(30)24(28)16-19/h6,13-18,28-30H,3-5,7-12H2,1-2H3. The number of phenolic OH excluding ortho intramolecular Hbond substituents is 2. The van der Waals surface area contributed by atoms with Gasteiger partial charge in [-0.15, -0.1) is 0 Å². The van der Waals surface area contributed by atoms with E-state index in [2.05, 4.69) is 20.4 Å². The van der Waals surface area contributed by atoms with Crippen molar-refractivity contribution in [3.8, 4) is 11.5 Å². The Hall–Kier alpha value is -3.01. The second kappa shape index (κ2) is 12.0. The van der Waals surface area contributed by atoms with E-state index < -0.39 is 11.5 Å². The van der Waals surface area contributed by atoms with Crippen LogP contribution in [0.25, 0.3) is 12.2 Å². The third-order valence-electron chi connectivity index (χ3n) is 5.55. The Labute approximate surface area is 185 Å². The highest BCUT2D eigenvalue weighted by Crippen LogP contribution is 2.32. The van der Waals surface area contributed by atoms with Crippen LogP contribution >= 0.6 is 0 Å². The first-order chi connectivity index (χ1) is 14.9. The summed E-state index contributed by atoms with van der Waals surface area (Å²) in [7, 11) is 0. The second-order valence-corrected chi connectivity index (χ2v) is 7.90. The summed E-state index contributed by atoms with van der Waals surface area (Å²) in [4.78, 5) is 12.8. The van der Waals surface area contributed by atoms with Crippen LogP contribution < -0.4 is 0 Å². The molecule has 2 aromatic carbocycles. The van der Waals surface area contributed by atoms with Gasteiger partial charge in [-0.25, -0.2) is 0 Å². The van der Waals surface area contributed by atoms with Crippen molar-refractivity contribution in [1.82, 2.24) is 0 Å². The third-order valence-corrected chi connectivity index (χ3v) is 5.55. The van der Waals surface area contributed by atoms with E-state index in [1.54, 1.807) is 6.07 Å². The van der Waals surface area contributed by atoms with Gasteiger partial charge in [-0.1, -0.05) is 70.7 Å². The Morgan fingerprint density at radius 2 is 1.68 bits per heavy atom. The molecule has 0 fully saturated rings. The van der Waals surface area contributed by atoms with Gasteiger partial charge in [-0.3, -0.25) is 4.79 Å². The van der Waals surface area contributed by atoms with Gasteiger partial charge in [0.1, 0.15) is 0 Å². The second-order valence-electron chi connectivity index (χ2n) is 7.90. The topological polar surface area (TPSA) is 77.8 Å². The maximum atomic E-state index is 12.8. The number of aliphatic hydroxyl groups excluding tert-OH is 1. The van der Waals surface area contributed by atoms with Gasteiger partial charge in [-0.2, -0.15) is 0 Å². The maximum Gasteiger partial charge on any atom is 0.227 e. The Kier molecular flexibility index (Phi) is 9.39. The van der Waals surface area contributed by atoms with Gasteiger partial charge < -0.3 is 15.3 Å². The lowest BCUT2D eigenvalue weighted by Gasteiger charge is -2.11. The number of benzene rings is 2. The highest BCUT2D eigenvalue weighted by molar-refractivity contribution is 6.09. The van der Waals surface area contributed by atoms with E-state index in [0.29, 0.717) is 16.7 Å². The molecule has 0 aliphatic carbocycles. The van der Waals surface area contributed by atoms with E-state index in [1.807, 2.05) is 12.1 Å². The minimum absolute atomic E-state index is 0.285. The summed E-state index contributed by atoms with van der Waals surface area (Å²) in [5.74, 6) is -1.51. The lowest BCUT2D eigenvalue weighted by Crippen LogP contribution is -2.05. The molecule has 2 aromatic rings. The van der Waals surface area contributed by atoms with E-state index >= 15 is 0 Å². The van der Waals surface area contributed by atoms with Crippen molar-refractivity contribution in [1.29, 1.82) is 0 Å². The number of carbonyl (C=O) groups excluding carboxylic acids is 1. The highest BCUT2D eigenvalue weighted by Gasteiger charge is 2.14. The number of Topliss-reactive ketones (excluding diaryl/α,β-unsaturated/α-hetero) is 1. The fourth-order valence-electron chi connectivity index (χ4n) is 3.71. The minimum Gasteiger partial charge on any atom is -0.504 e. The van der Waals surface area contributed by atoms with Crippen LogP contribution in [0.5, 0.6) is 11.5 Å². The average molecular weight is 423 g/mol. The Bertz CT molecular complexity index is 940. The molecule has 0 unspecified atom stereocenters. The maximum absolute atomic E-state index is 12.8. The van der Waals surface area contributed by atoms with Crippen molar-refractivity contribution in [3.05, 3.63) is 70.5 Å². The Morgan fingerprint density at radius 3 is 2.35 bits per heavy atom. The fourth-order valence-corrected chi connectivity index (χ4v) is 3.71. The SMILES string of the molecule is C=Cc1cc(C=C(O)C(=O)c2ccc(CC)c(CCCCCCCC)c2)cc(O)c1O. The summed E-state index contributed by atoms with van der Waals surface area (Å²) in [6.07, 6.45) is 11.8. The molecule has 0 radical (unpaired) electrons. The first-order valence-electron chi connectivity index (χ1n) is 11.2. The quantitative estimate of drug-likeness (QED) is 0.113. The summed E-state index contributed by atoms with van der Waals surface area (Å²) >= 11 is 0. The van der Waals surface area contributed by atoms with E-state index in [9.17, 15) is 20.1 Å². The van der Waals surface area contributed by atoms with Crippen molar-refractivity contribution in [3.63, 3.8) is 0 Å². The molecular formula is C27H34O4. The zero-order chi connectivity index (χ0) is 22.8.